The Bertz CT molecular complexity index is 1430. The highest BCUT2D eigenvalue weighted by Crippen LogP contribution is 2.23. The SMILES string of the molecule is CCOc1ccc(-n2c(C)cc(C(=O)Cn3nc(C(=O)O)c4ccccc4c3=O)c2C)cc1. The Balaban J connectivity index is 1.71. The van der Waals surface area contributed by atoms with Crippen molar-refractivity contribution in [3.8, 4) is 11.4 Å². The topological polar surface area (TPSA) is 103 Å². The molecule has 0 fully saturated rings. The Morgan fingerprint density at radius 2 is 1.70 bits per heavy atom. The lowest BCUT2D eigenvalue weighted by Gasteiger charge is -2.11. The smallest absolute Gasteiger partial charge is 0.357 e. The summed E-state index contributed by atoms with van der Waals surface area (Å²) in [5.41, 5.74) is 2.11. The second kappa shape index (κ2) is 8.74. The van der Waals surface area contributed by atoms with Gasteiger partial charge >= 0.3 is 5.97 Å². The van der Waals surface area contributed by atoms with Crippen LogP contribution >= 0.6 is 0 Å². The van der Waals surface area contributed by atoms with Crippen molar-refractivity contribution in [2.24, 2.45) is 0 Å². The Labute approximate surface area is 189 Å². The van der Waals surface area contributed by atoms with Gasteiger partial charge in [0, 0.05) is 28.0 Å². The number of carboxylic acid groups (broad SMARTS) is 1. The first-order valence-electron chi connectivity index (χ1n) is 10.5. The fourth-order valence-corrected chi connectivity index (χ4v) is 4.02. The molecule has 4 rings (SSSR count). The molecule has 0 aliphatic carbocycles. The van der Waals surface area contributed by atoms with E-state index in [2.05, 4.69) is 5.10 Å². The zero-order chi connectivity index (χ0) is 23.7. The molecule has 2 aromatic carbocycles. The van der Waals surface area contributed by atoms with Crippen LogP contribution in [0.3, 0.4) is 0 Å². The summed E-state index contributed by atoms with van der Waals surface area (Å²) >= 11 is 0. The summed E-state index contributed by atoms with van der Waals surface area (Å²) in [6.07, 6.45) is 0. The number of carbonyl (C=O) groups excluding carboxylic acids is 1. The highest BCUT2D eigenvalue weighted by molar-refractivity contribution is 6.01. The van der Waals surface area contributed by atoms with Crippen LogP contribution in [0.4, 0.5) is 0 Å². The van der Waals surface area contributed by atoms with Gasteiger partial charge in [-0.3, -0.25) is 9.59 Å². The van der Waals surface area contributed by atoms with Gasteiger partial charge < -0.3 is 14.4 Å². The number of nitrogens with zero attached hydrogens (tertiary/aromatic N) is 3. The second-order valence-corrected chi connectivity index (χ2v) is 7.63. The average Bonchev–Trinajstić information content (AvgIpc) is 3.10. The standard InChI is InChI=1S/C25H23N3O5/c1-4-33-18-11-9-17(10-12-18)28-15(2)13-21(16(28)3)22(29)14-27-24(30)20-8-6-5-7-19(20)23(26-27)25(31)32/h5-13H,4,14H2,1-3H3,(H,31,32). The van der Waals surface area contributed by atoms with E-state index in [1.807, 2.05) is 49.6 Å². The van der Waals surface area contributed by atoms with Crippen molar-refractivity contribution in [1.29, 1.82) is 0 Å². The molecule has 4 aromatic rings. The quantitative estimate of drug-likeness (QED) is 0.434. The van der Waals surface area contributed by atoms with E-state index in [0.29, 0.717) is 17.9 Å². The fraction of sp³-hybridized carbons (Fsp3) is 0.200. The van der Waals surface area contributed by atoms with Crippen molar-refractivity contribution in [3.63, 3.8) is 0 Å². The first-order chi connectivity index (χ1) is 15.8. The van der Waals surface area contributed by atoms with Crippen molar-refractivity contribution in [3.05, 3.63) is 87.6 Å². The van der Waals surface area contributed by atoms with E-state index >= 15 is 0 Å². The third-order valence-corrected chi connectivity index (χ3v) is 5.50. The van der Waals surface area contributed by atoms with Crippen LogP contribution in [0.15, 0.2) is 59.4 Å². The summed E-state index contributed by atoms with van der Waals surface area (Å²) in [6, 6.07) is 15.7. The zero-order valence-electron chi connectivity index (χ0n) is 18.5. The number of ketones is 1. The molecule has 0 saturated heterocycles. The Morgan fingerprint density at radius 1 is 1.03 bits per heavy atom. The van der Waals surface area contributed by atoms with E-state index < -0.39 is 11.5 Å². The molecule has 8 nitrogen and oxygen atoms in total. The van der Waals surface area contributed by atoms with E-state index in [9.17, 15) is 19.5 Å². The number of carbonyl (C=O) groups is 2. The van der Waals surface area contributed by atoms with E-state index in [1.54, 1.807) is 18.2 Å². The van der Waals surface area contributed by atoms with Crippen molar-refractivity contribution in [2.75, 3.05) is 6.61 Å². The van der Waals surface area contributed by atoms with Gasteiger partial charge in [-0.1, -0.05) is 18.2 Å². The number of benzene rings is 2. The van der Waals surface area contributed by atoms with Crippen molar-refractivity contribution in [2.45, 2.75) is 27.3 Å². The largest absolute Gasteiger partial charge is 0.494 e. The number of hydrogen-bond acceptors (Lipinski definition) is 5. The third kappa shape index (κ3) is 4.03. The first kappa shape index (κ1) is 22.0. The van der Waals surface area contributed by atoms with Crippen LogP contribution in [0.5, 0.6) is 5.75 Å². The number of aromatic nitrogens is 3. The molecule has 2 aromatic heterocycles. The zero-order valence-corrected chi connectivity index (χ0v) is 18.5. The molecular weight excluding hydrogens is 422 g/mol. The highest BCUT2D eigenvalue weighted by Gasteiger charge is 2.21. The van der Waals surface area contributed by atoms with Crippen LogP contribution in [-0.2, 0) is 6.54 Å². The normalized spacial score (nSPS) is 11.0. The molecule has 33 heavy (non-hydrogen) atoms. The number of hydrogen-bond donors (Lipinski definition) is 1. The predicted octanol–water partition coefficient (Wildman–Crippen LogP) is 3.78. The summed E-state index contributed by atoms with van der Waals surface area (Å²) in [6.45, 7) is 5.85. The summed E-state index contributed by atoms with van der Waals surface area (Å²) in [7, 11) is 0. The lowest BCUT2D eigenvalue weighted by Crippen LogP contribution is -2.29. The minimum absolute atomic E-state index is 0.206. The fourth-order valence-electron chi connectivity index (χ4n) is 4.02. The molecule has 0 radical (unpaired) electrons. The first-order valence-corrected chi connectivity index (χ1v) is 10.5. The molecule has 0 aliphatic rings. The van der Waals surface area contributed by atoms with E-state index in [0.717, 1.165) is 21.8 Å². The van der Waals surface area contributed by atoms with Gasteiger partial charge in [0.15, 0.2) is 11.5 Å². The molecule has 0 saturated carbocycles. The van der Waals surface area contributed by atoms with Crippen LogP contribution in [0.2, 0.25) is 0 Å². The van der Waals surface area contributed by atoms with E-state index in [-0.39, 0.29) is 28.8 Å². The number of aryl methyl sites for hydroxylation is 1. The number of rotatable bonds is 7. The molecule has 0 atom stereocenters. The van der Waals surface area contributed by atoms with Gasteiger partial charge in [-0.05, 0) is 57.2 Å². The number of ether oxygens (including phenoxy) is 1. The van der Waals surface area contributed by atoms with Crippen LogP contribution in [0.25, 0.3) is 16.5 Å². The second-order valence-electron chi connectivity index (χ2n) is 7.63. The van der Waals surface area contributed by atoms with E-state index in [1.165, 1.54) is 12.1 Å². The van der Waals surface area contributed by atoms with Crippen molar-refractivity contribution < 1.29 is 19.4 Å². The number of Topliss-reactive ketones (excluding diaryl/α,β-unsaturated/α-hetero) is 1. The van der Waals surface area contributed by atoms with Crippen molar-refractivity contribution in [1.82, 2.24) is 14.3 Å². The third-order valence-electron chi connectivity index (χ3n) is 5.50. The molecule has 0 unspecified atom stereocenters. The molecule has 0 amide bonds. The van der Waals surface area contributed by atoms with Crippen LogP contribution in [0.1, 0.15) is 39.2 Å². The average molecular weight is 445 g/mol. The van der Waals surface area contributed by atoms with Gasteiger partial charge in [0.05, 0.1) is 12.0 Å². The van der Waals surface area contributed by atoms with Gasteiger partial charge in [-0.2, -0.15) is 5.10 Å². The molecule has 0 bridgehead atoms. The maximum atomic E-state index is 13.2. The lowest BCUT2D eigenvalue weighted by molar-refractivity contribution is 0.0688. The van der Waals surface area contributed by atoms with Crippen LogP contribution in [0, 0.1) is 13.8 Å². The summed E-state index contributed by atoms with van der Waals surface area (Å²) in [5.74, 6) is -0.835. The Hall–Kier alpha value is -4.20. The summed E-state index contributed by atoms with van der Waals surface area (Å²) in [5, 5.41) is 14.0. The number of carboxylic acids is 1. The highest BCUT2D eigenvalue weighted by atomic mass is 16.5. The van der Waals surface area contributed by atoms with Gasteiger partial charge in [-0.25, -0.2) is 9.48 Å². The summed E-state index contributed by atoms with van der Waals surface area (Å²) in [4.78, 5) is 37.7. The number of aromatic carboxylic acids is 1. The molecular formula is C25H23N3O5. The van der Waals surface area contributed by atoms with Crippen molar-refractivity contribution >= 4 is 22.5 Å². The van der Waals surface area contributed by atoms with Gasteiger partial charge in [0.1, 0.15) is 12.3 Å². The lowest BCUT2D eigenvalue weighted by atomic mass is 10.1. The molecule has 2 heterocycles. The molecule has 8 heteroatoms. The van der Waals surface area contributed by atoms with E-state index in [4.69, 9.17) is 4.74 Å². The maximum absolute atomic E-state index is 13.2. The van der Waals surface area contributed by atoms with Gasteiger partial charge in [-0.15, -0.1) is 0 Å². The molecule has 0 aliphatic heterocycles. The molecule has 1 N–H and O–H groups in total. The molecule has 0 spiro atoms. The minimum atomic E-state index is -1.26. The maximum Gasteiger partial charge on any atom is 0.357 e. The number of fused-ring (bicyclic) bond motifs is 1. The monoisotopic (exact) mass is 445 g/mol. The van der Waals surface area contributed by atoms with Crippen LogP contribution < -0.4 is 10.3 Å². The minimum Gasteiger partial charge on any atom is -0.494 e. The van der Waals surface area contributed by atoms with Gasteiger partial charge in [0.25, 0.3) is 5.56 Å². The van der Waals surface area contributed by atoms with Crippen LogP contribution in [-0.4, -0.2) is 37.8 Å². The summed E-state index contributed by atoms with van der Waals surface area (Å²) < 4.78 is 8.37. The Morgan fingerprint density at radius 3 is 2.33 bits per heavy atom. The molecule has 168 valence electrons. The predicted molar refractivity (Wildman–Crippen MR) is 124 cm³/mol. The Kier molecular flexibility index (Phi) is 5.83. The van der Waals surface area contributed by atoms with Gasteiger partial charge in [0.2, 0.25) is 0 Å².